The fourth-order valence-corrected chi connectivity index (χ4v) is 2.95. The Hall–Kier alpha value is -2.24. The molecular weight excluding hydrogens is 296 g/mol. The average Bonchev–Trinajstić information content (AvgIpc) is 2.54. The zero-order valence-corrected chi connectivity index (χ0v) is 13.9. The summed E-state index contributed by atoms with van der Waals surface area (Å²) in [6.45, 7) is 2.41. The van der Waals surface area contributed by atoms with Gasteiger partial charge in [0.2, 0.25) is 11.8 Å². The molecule has 1 saturated heterocycles. The lowest BCUT2D eigenvalue weighted by Gasteiger charge is -2.37. The molecule has 2 atom stereocenters. The molecule has 0 aliphatic carbocycles. The normalized spacial score (nSPS) is 20.9. The number of primary amides is 1. The van der Waals surface area contributed by atoms with Crippen molar-refractivity contribution in [3.05, 3.63) is 23.8 Å². The van der Waals surface area contributed by atoms with Gasteiger partial charge in [-0.25, -0.2) is 0 Å². The van der Waals surface area contributed by atoms with Crippen molar-refractivity contribution in [3.63, 3.8) is 0 Å². The van der Waals surface area contributed by atoms with E-state index in [1.54, 1.807) is 31.3 Å². The molecule has 1 heterocycles. The SMILES string of the molecule is COc1ccc(CC(=O)N2C[C@H](C(N)=O)CC[C@H]2C)cc1OC. The molecule has 0 aromatic heterocycles. The monoisotopic (exact) mass is 320 g/mol. The van der Waals surface area contributed by atoms with Crippen LogP contribution in [0.3, 0.4) is 0 Å². The standard InChI is InChI=1S/C17H24N2O4/c1-11-4-6-13(17(18)21)10-19(11)16(20)9-12-5-7-14(22-2)15(8-12)23-3/h5,7-8,11,13H,4,6,9-10H2,1-3H3,(H2,18,21)/t11-,13-/m1/s1. The topological polar surface area (TPSA) is 81.9 Å². The number of ether oxygens (including phenoxy) is 2. The number of nitrogens with zero attached hydrogens (tertiary/aromatic N) is 1. The third-order valence-electron chi connectivity index (χ3n) is 4.41. The van der Waals surface area contributed by atoms with E-state index in [9.17, 15) is 9.59 Å². The summed E-state index contributed by atoms with van der Waals surface area (Å²) in [7, 11) is 3.13. The van der Waals surface area contributed by atoms with E-state index < -0.39 is 0 Å². The van der Waals surface area contributed by atoms with Gasteiger partial charge in [0.15, 0.2) is 11.5 Å². The van der Waals surface area contributed by atoms with Crippen molar-refractivity contribution in [1.29, 1.82) is 0 Å². The molecule has 2 rings (SSSR count). The largest absolute Gasteiger partial charge is 0.493 e. The predicted molar refractivity (Wildman–Crippen MR) is 86.3 cm³/mol. The van der Waals surface area contributed by atoms with Crippen molar-refractivity contribution in [2.75, 3.05) is 20.8 Å². The molecule has 6 nitrogen and oxygen atoms in total. The van der Waals surface area contributed by atoms with E-state index >= 15 is 0 Å². The second-order valence-electron chi connectivity index (χ2n) is 5.94. The number of hydrogen-bond donors (Lipinski definition) is 1. The van der Waals surface area contributed by atoms with Crippen LogP contribution in [0.25, 0.3) is 0 Å². The Morgan fingerprint density at radius 2 is 1.91 bits per heavy atom. The third-order valence-corrected chi connectivity index (χ3v) is 4.41. The van der Waals surface area contributed by atoms with Gasteiger partial charge < -0.3 is 20.1 Å². The third kappa shape index (κ3) is 3.94. The minimum absolute atomic E-state index is 0.00401. The van der Waals surface area contributed by atoms with Crippen molar-refractivity contribution >= 4 is 11.8 Å². The summed E-state index contributed by atoms with van der Waals surface area (Å²) >= 11 is 0. The molecule has 0 saturated carbocycles. The molecule has 0 spiro atoms. The molecule has 0 radical (unpaired) electrons. The van der Waals surface area contributed by atoms with Crippen LogP contribution >= 0.6 is 0 Å². The van der Waals surface area contributed by atoms with E-state index in [2.05, 4.69) is 0 Å². The Morgan fingerprint density at radius 1 is 1.22 bits per heavy atom. The number of hydrogen-bond acceptors (Lipinski definition) is 4. The molecule has 2 amide bonds. The van der Waals surface area contributed by atoms with Crippen LogP contribution in [0.5, 0.6) is 11.5 Å². The molecule has 1 aromatic rings. The second-order valence-corrected chi connectivity index (χ2v) is 5.94. The summed E-state index contributed by atoms with van der Waals surface area (Å²) in [5, 5.41) is 0. The Kier molecular flexibility index (Phi) is 5.47. The van der Waals surface area contributed by atoms with Crippen LogP contribution in [0.1, 0.15) is 25.3 Å². The number of nitrogens with two attached hydrogens (primary N) is 1. The quantitative estimate of drug-likeness (QED) is 0.888. The van der Waals surface area contributed by atoms with Gasteiger partial charge in [-0.1, -0.05) is 6.07 Å². The van der Waals surface area contributed by atoms with E-state index in [0.717, 1.165) is 18.4 Å². The number of carbonyl (C=O) groups excluding carboxylic acids is 2. The van der Waals surface area contributed by atoms with Gasteiger partial charge in [-0.15, -0.1) is 0 Å². The Bertz CT molecular complexity index is 588. The minimum Gasteiger partial charge on any atom is -0.493 e. The molecule has 126 valence electrons. The highest BCUT2D eigenvalue weighted by Crippen LogP contribution is 2.28. The summed E-state index contributed by atoms with van der Waals surface area (Å²) in [4.78, 5) is 25.8. The van der Waals surface area contributed by atoms with Crippen LogP contribution in [-0.2, 0) is 16.0 Å². The highest BCUT2D eigenvalue weighted by molar-refractivity contribution is 5.82. The lowest BCUT2D eigenvalue weighted by Crippen LogP contribution is -2.49. The first-order chi connectivity index (χ1) is 11.0. The summed E-state index contributed by atoms with van der Waals surface area (Å²) < 4.78 is 10.5. The highest BCUT2D eigenvalue weighted by atomic mass is 16.5. The summed E-state index contributed by atoms with van der Waals surface area (Å²) in [6.07, 6.45) is 1.80. The lowest BCUT2D eigenvalue weighted by atomic mass is 9.92. The molecule has 6 heteroatoms. The van der Waals surface area contributed by atoms with Crippen molar-refractivity contribution < 1.29 is 19.1 Å². The summed E-state index contributed by atoms with van der Waals surface area (Å²) in [6, 6.07) is 5.56. The molecule has 0 bridgehead atoms. The number of piperidine rings is 1. The van der Waals surface area contributed by atoms with E-state index in [-0.39, 0.29) is 30.2 Å². The lowest BCUT2D eigenvalue weighted by molar-refractivity contribution is -0.136. The van der Waals surface area contributed by atoms with Crippen LogP contribution in [0.2, 0.25) is 0 Å². The maximum absolute atomic E-state index is 12.6. The Morgan fingerprint density at radius 3 is 2.52 bits per heavy atom. The van der Waals surface area contributed by atoms with Gasteiger partial charge in [0.1, 0.15) is 0 Å². The number of benzene rings is 1. The zero-order valence-electron chi connectivity index (χ0n) is 13.9. The summed E-state index contributed by atoms with van der Waals surface area (Å²) in [5.74, 6) is 0.639. The minimum atomic E-state index is -0.333. The molecule has 23 heavy (non-hydrogen) atoms. The number of carbonyl (C=O) groups is 2. The van der Waals surface area contributed by atoms with Crippen molar-refractivity contribution in [1.82, 2.24) is 4.90 Å². The van der Waals surface area contributed by atoms with Crippen LogP contribution in [-0.4, -0.2) is 43.5 Å². The first-order valence-electron chi connectivity index (χ1n) is 7.76. The number of amides is 2. The molecule has 1 aliphatic heterocycles. The molecule has 1 fully saturated rings. The van der Waals surface area contributed by atoms with Gasteiger partial charge >= 0.3 is 0 Å². The number of methoxy groups -OCH3 is 2. The highest BCUT2D eigenvalue weighted by Gasteiger charge is 2.31. The average molecular weight is 320 g/mol. The maximum atomic E-state index is 12.6. The van der Waals surface area contributed by atoms with Gasteiger partial charge in [-0.3, -0.25) is 9.59 Å². The van der Waals surface area contributed by atoms with Crippen molar-refractivity contribution in [2.24, 2.45) is 11.7 Å². The van der Waals surface area contributed by atoms with E-state index in [1.807, 2.05) is 13.0 Å². The molecule has 0 unspecified atom stereocenters. The number of rotatable bonds is 5. The van der Waals surface area contributed by atoms with Crippen molar-refractivity contribution in [2.45, 2.75) is 32.2 Å². The van der Waals surface area contributed by atoms with Gasteiger partial charge in [-0.05, 0) is 37.5 Å². The van der Waals surface area contributed by atoms with Crippen LogP contribution < -0.4 is 15.2 Å². The Balaban J connectivity index is 2.10. The molecule has 1 aromatic carbocycles. The van der Waals surface area contributed by atoms with Crippen molar-refractivity contribution in [3.8, 4) is 11.5 Å². The summed E-state index contributed by atoms with van der Waals surface area (Å²) in [5.41, 5.74) is 6.24. The van der Waals surface area contributed by atoms with Crippen LogP contribution in [0, 0.1) is 5.92 Å². The maximum Gasteiger partial charge on any atom is 0.227 e. The van der Waals surface area contributed by atoms with E-state index in [1.165, 1.54) is 0 Å². The van der Waals surface area contributed by atoms with Gasteiger partial charge in [0.05, 0.1) is 26.6 Å². The van der Waals surface area contributed by atoms with E-state index in [0.29, 0.717) is 18.0 Å². The van der Waals surface area contributed by atoms with E-state index in [4.69, 9.17) is 15.2 Å². The van der Waals surface area contributed by atoms with Gasteiger partial charge in [-0.2, -0.15) is 0 Å². The van der Waals surface area contributed by atoms with Crippen LogP contribution in [0.15, 0.2) is 18.2 Å². The second kappa shape index (κ2) is 7.35. The molecular formula is C17H24N2O4. The fraction of sp³-hybridized carbons (Fsp3) is 0.529. The van der Waals surface area contributed by atoms with Gasteiger partial charge in [0.25, 0.3) is 0 Å². The van der Waals surface area contributed by atoms with Gasteiger partial charge in [0, 0.05) is 12.6 Å². The smallest absolute Gasteiger partial charge is 0.227 e. The zero-order chi connectivity index (χ0) is 17.0. The first-order valence-corrected chi connectivity index (χ1v) is 7.76. The van der Waals surface area contributed by atoms with Crippen LogP contribution in [0.4, 0.5) is 0 Å². The predicted octanol–water partition coefficient (Wildman–Crippen LogP) is 1.36. The fourth-order valence-electron chi connectivity index (χ4n) is 2.95. The molecule has 2 N–H and O–H groups in total. The molecule has 1 aliphatic rings. The Labute approximate surface area is 136 Å². The first kappa shape index (κ1) is 17.1. The number of likely N-dealkylation sites (tertiary alicyclic amines) is 1.